The fourth-order valence-electron chi connectivity index (χ4n) is 2.42. The number of benzene rings is 2. The molecule has 5 heteroatoms. The van der Waals surface area contributed by atoms with E-state index in [-0.39, 0.29) is 11.9 Å². The van der Waals surface area contributed by atoms with Crippen molar-refractivity contribution < 1.29 is 19.1 Å². The van der Waals surface area contributed by atoms with Crippen molar-refractivity contribution in [3.63, 3.8) is 0 Å². The van der Waals surface area contributed by atoms with Crippen molar-refractivity contribution in [2.24, 2.45) is 0 Å². The molecule has 0 radical (unpaired) electrons. The molecule has 0 aliphatic carbocycles. The summed E-state index contributed by atoms with van der Waals surface area (Å²) in [5, 5.41) is 2.82. The Balaban J connectivity index is 1.98. The van der Waals surface area contributed by atoms with Crippen molar-refractivity contribution in [2.75, 3.05) is 11.9 Å². The van der Waals surface area contributed by atoms with Crippen LogP contribution in [0.3, 0.4) is 0 Å². The average Bonchev–Trinajstić information content (AvgIpc) is 2.67. The number of aryl methyl sites for hydroxylation is 1. The second kappa shape index (κ2) is 9.61. The van der Waals surface area contributed by atoms with E-state index in [9.17, 15) is 9.59 Å². The molecule has 5 nitrogen and oxygen atoms in total. The van der Waals surface area contributed by atoms with Crippen molar-refractivity contribution >= 4 is 17.6 Å². The van der Waals surface area contributed by atoms with E-state index in [1.807, 2.05) is 31.2 Å². The third-order valence-electron chi connectivity index (χ3n) is 3.94. The standard InChI is InChI=1S/C21H25NO4/c1-4-15-7-13-18(14-8-15)26-19(5-2)20(23)22-17-11-9-16(10-12-17)21(24)25-6-3/h7-14,19H,4-6H2,1-3H3,(H,22,23)/t19-/m1/s1. The molecule has 0 spiro atoms. The second-order valence-electron chi connectivity index (χ2n) is 5.80. The molecular formula is C21H25NO4. The third-order valence-corrected chi connectivity index (χ3v) is 3.94. The number of carbonyl (C=O) groups excluding carboxylic acids is 2. The lowest BCUT2D eigenvalue weighted by Crippen LogP contribution is -2.32. The molecule has 0 aliphatic rings. The zero-order chi connectivity index (χ0) is 18.9. The molecule has 0 unspecified atom stereocenters. The summed E-state index contributed by atoms with van der Waals surface area (Å²) in [6.45, 7) is 6.07. The number of hydrogen-bond donors (Lipinski definition) is 1. The van der Waals surface area contributed by atoms with Crippen LogP contribution in [0.25, 0.3) is 0 Å². The average molecular weight is 355 g/mol. The van der Waals surface area contributed by atoms with E-state index in [1.54, 1.807) is 31.2 Å². The summed E-state index contributed by atoms with van der Waals surface area (Å²) < 4.78 is 10.7. The molecule has 138 valence electrons. The van der Waals surface area contributed by atoms with Crippen LogP contribution in [0.1, 0.15) is 43.1 Å². The number of amides is 1. The monoisotopic (exact) mass is 355 g/mol. The Morgan fingerprint density at radius 2 is 1.62 bits per heavy atom. The van der Waals surface area contributed by atoms with Gasteiger partial charge < -0.3 is 14.8 Å². The lowest BCUT2D eigenvalue weighted by atomic mass is 10.1. The first-order valence-electron chi connectivity index (χ1n) is 8.91. The molecule has 2 aromatic carbocycles. The van der Waals surface area contributed by atoms with Crippen LogP contribution >= 0.6 is 0 Å². The number of esters is 1. The van der Waals surface area contributed by atoms with Gasteiger partial charge in [0.2, 0.25) is 0 Å². The molecule has 1 atom stereocenters. The summed E-state index contributed by atoms with van der Waals surface area (Å²) in [5.74, 6) is 0.0634. The van der Waals surface area contributed by atoms with Gasteiger partial charge in [0.25, 0.3) is 5.91 Å². The molecule has 0 aromatic heterocycles. The van der Waals surface area contributed by atoms with E-state index in [4.69, 9.17) is 9.47 Å². The topological polar surface area (TPSA) is 64.6 Å². The van der Waals surface area contributed by atoms with Crippen molar-refractivity contribution in [3.8, 4) is 5.75 Å². The van der Waals surface area contributed by atoms with Gasteiger partial charge >= 0.3 is 5.97 Å². The smallest absolute Gasteiger partial charge is 0.338 e. The van der Waals surface area contributed by atoms with Crippen LogP contribution in [-0.2, 0) is 16.0 Å². The van der Waals surface area contributed by atoms with E-state index in [0.717, 1.165) is 6.42 Å². The molecule has 1 amide bonds. The number of nitrogens with one attached hydrogen (secondary N) is 1. The molecule has 0 saturated heterocycles. The maximum absolute atomic E-state index is 12.5. The predicted molar refractivity (Wildman–Crippen MR) is 102 cm³/mol. The minimum atomic E-state index is -0.591. The van der Waals surface area contributed by atoms with Crippen molar-refractivity contribution in [3.05, 3.63) is 59.7 Å². The Morgan fingerprint density at radius 3 is 2.15 bits per heavy atom. The summed E-state index contributed by atoms with van der Waals surface area (Å²) in [6, 6.07) is 14.3. The predicted octanol–water partition coefficient (Wildman–Crippen LogP) is 4.22. The van der Waals surface area contributed by atoms with Gasteiger partial charge in [0, 0.05) is 5.69 Å². The van der Waals surface area contributed by atoms with Crippen LogP contribution in [0.2, 0.25) is 0 Å². The number of hydrogen-bond acceptors (Lipinski definition) is 4. The summed E-state index contributed by atoms with van der Waals surface area (Å²) >= 11 is 0. The molecule has 0 bridgehead atoms. The highest BCUT2D eigenvalue weighted by atomic mass is 16.5. The van der Waals surface area contributed by atoms with Gasteiger partial charge in [-0.2, -0.15) is 0 Å². The molecular weight excluding hydrogens is 330 g/mol. The Bertz CT molecular complexity index is 723. The number of carbonyl (C=O) groups is 2. The van der Waals surface area contributed by atoms with Gasteiger partial charge in [-0.25, -0.2) is 4.79 Å². The van der Waals surface area contributed by atoms with Gasteiger partial charge in [-0.1, -0.05) is 26.0 Å². The van der Waals surface area contributed by atoms with Crippen LogP contribution in [0.5, 0.6) is 5.75 Å². The van der Waals surface area contributed by atoms with Gasteiger partial charge in [-0.05, 0) is 61.7 Å². The lowest BCUT2D eigenvalue weighted by molar-refractivity contribution is -0.122. The van der Waals surface area contributed by atoms with Crippen LogP contribution in [-0.4, -0.2) is 24.6 Å². The van der Waals surface area contributed by atoms with E-state index >= 15 is 0 Å². The summed E-state index contributed by atoms with van der Waals surface area (Å²) in [5.41, 5.74) is 2.27. The maximum Gasteiger partial charge on any atom is 0.338 e. The molecule has 26 heavy (non-hydrogen) atoms. The fourth-order valence-corrected chi connectivity index (χ4v) is 2.42. The van der Waals surface area contributed by atoms with E-state index in [2.05, 4.69) is 12.2 Å². The zero-order valence-electron chi connectivity index (χ0n) is 15.5. The molecule has 0 saturated carbocycles. The Morgan fingerprint density at radius 1 is 0.962 bits per heavy atom. The highest BCUT2D eigenvalue weighted by molar-refractivity contribution is 5.95. The van der Waals surface area contributed by atoms with Crippen molar-refractivity contribution in [1.29, 1.82) is 0 Å². The van der Waals surface area contributed by atoms with Crippen LogP contribution < -0.4 is 10.1 Å². The Kier molecular flexibility index (Phi) is 7.21. The first kappa shape index (κ1) is 19.5. The van der Waals surface area contributed by atoms with Crippen molar-refractivity contribution in [1.82, 2.24) is 0 Å². The zero-order valence-corrected chi connectivity index (χ0v) is 15.5. The largest absolute Gasteiger partial charge is 0.481 e. The first-order valence-corrected chi connectivity index (χ1v) is 8.91. The maximum atomic E-state index is 12.5. The highest BCUT2D eigenvalue weighted by Crippen LogP contribution is 2.17. The minimum absolute atomic E-state index is 0.226. The van der Waals surface area contributed by atoms with Gasteiger partial charge in [0.1, 0.15) is 5.75 Å². The third kappa shape index (κ3) is 5.34. The van der Waals surface area contributed by atoms with Gasteiger partial charge in [-0.15, -0.1) is 0 Å². The van der Waals surface area contributed by atoms with Gasteiger partial charge in [0.05, 0.1) is 12.2 Å². The van der Waals surface area contributed by atoms with E-state index in [0.29, 0.717) is 30.0 Å². The molecule has 0 heterocycles. The lowest BCUT2D eigenvalue weighted by Gasteiger charge is -2.17. The number of ether oxygens (including phenoxy) is 2. The SMILES string of the molecule is CCOC(=O)c1ccc(NC(=O)[C@@H](CC)Oc2ccc(CC)cc2)cc1. The first-order chi connectivity index (χ1) is 12.6. The molecule has 1 N–H and O–H groups in total. The normalized spacial score (nSPS) is 11.5. The van der Waals surface area contributed by atoms with Crippen LogP contribution in [0.15, 0.2) is 48.5 Å². The van der Waals surface area contributed by atoms with E-state index in [1.165, 1.54) is 5.56 Å². The summed E-state index contributed by atoms with van der Waals surface area (Å²) in [7, 11) is 0. The van der Waals surface area contributed by atoms with E-state index < -0.39 is 6.10 Å². The number of anilines is 1. The Hall–Kier alpha value is -2.82. The van der Waals surface area contributed by atoms with Gasteiger partial charge in [0.15, 0.2) is 6.10 Å². The van der Waals surface area contributed by atoms with Crippen molar-refractivity contribution in [2.45, 2.75) is 39.7 Å². The van der Waals surface area contributed by atoms with Gasteiger partial charge in [-0.3, -0.25) is 4.79 Å². The molecule has 0 aliphatic heterocycles. The fraction of sp³-hybridized carbons (Fsp3) is 0.333. The molecule has 0 fully saturated rings. The molecule has 2 aromatic rings. The molecule has 2 rings (SSSR count). The van der Waals surface area contributed by atoms with Crippen LogP contribution in [0.4, 0.5) is 5.69 Å². The second-order valence-corrected chi connectivity index (χ2v) is 5.80. The number of rotatable bonds is 8. The quantitative estimate of drug-likeness (QED) is 0.720. The summed E-state index contributed by atoms with van der Waals surface area (Å²) in [6.07, 6.45) is 0.911. The van der Waals surface area contributed by atoms with Crippen LogP contribution in [0, 0.1) is 0 Å². The summed E-state index contributed by atoms with van der Waals surface area (Å²) in [4.78, 5) is 24.1. The minimum Gasteiger partial charge on any atom is -0.481 e. The Labute approximate surface area is 154 Å². The highest BCUT2D eigenvalue weighted by Gasteiger charge is 2.18.